The van der Waals surface area contributed by atoms with Crippen LogP contribution in [0, 0.1) is 5.92 Å². The highest BCUT2D eigenvalue weighted by molar-refractivity contribution is 5.91. The minimum atomic E-state index is -0.289. The Morgan fingerprint density at radius 1 is 1.42 bits per heavy atom. The third-order valence-corrected chi connectivity index (χ3v) is 3.63. The molecule has 24 heavy (non-hydrogen) atoms. The average molecular weight is 331 g/mol. The number of aromatic nitrogens is 1. The fourth-order valence-corrected chi connectivity index (χ4v) is 2.41. The summed E-state index contributed by atoms with van der Waals surface area (Å²) in [6, 6.07) is 7.47. The lowest BCUT2D eigenvalue weighted by Crippen LogP contribution is -2.26. The number of nitrogens with two attached hydrogens (primary N) is 1. The lowest BCUT2D eigenvalue weighted by Gasteiger charge is -2.09. The Labute approximate surface area is 142 Å². The highest BCUT2D eigenvalue weighted by atomic mass is 16.5. The van der Waals surface area contributed by atoms with Crippen molar-refractivity contribution in [2.45, 2.75) is 32.7 Å². The van der Waals surface area contributed by atoms with Gasteiger partial charge >= 0.3 is 0 Å². The van der Waals surface area contributed by atoms with Crippen LogP contribution in [0.2, 0.25) is 0 Å². The van der Waals surface area contributed by atoms with E-state index in [0.717, 1.165) is 17.7 Å². The largest absolute Gasteiger partial charge is 0.497 e. The summed E-state index contributed by atoms with van der Waals surface area (Å²) < 4.78 is 10.5. The summed E-state index contributed by atoms with van der Waals surface area (Å²) in [5.41, 5.74) is 7.36. The van der Waals surface area contributed by atoms with Crippen molar-refractivity contribution >= 4 is 5.91 Å². The normalized spacial score (nSPS) is 12.2. The zero-order chi connectivity index (χ0) is 17.5. The molecule has 0 aliphatic rings. The summed E-state index contributed by atoms with van der Waals surface area (Å²) >= 11 is 0. The first kappa shape index (κ1) is 18.0. The molecule has 0 aliphatic heterocycles. The Morgan fingerprint density at radius 3 is 2.92 bits per heavy atom. The van der Waals surface area contributed by atoms with Crippen LogP contribution in [-0.4, -0.2) is 24.5 Å². The number of rotatable bonds is 8. The first-order valence-electron chi connectivity index (χ1n) is 8.11. The van der Waals surface area contributed by atoms with E-state index in [1.54, 1.807) is 7.11 Å². The molecule has 1 aromatic carbocycles. The highest BCUT2D eigenvalue weighted by Crippen LogP contribution is 2.18. The smallest absolute Gasteiger partial charge is 0.273 e. The van der Waals surface area contributed by atoms with Gasteiger partial charge in [0.2, 0.25) is 5.89 Å². The molecule has 130 valence electrons. The summed E-state index contributed by atoms with van der Waals surface area (Å²) in [6.07, 6.45) is 2.83. The van der Waals surface area contributed by atoms with E-state index in [9.17, 15) is 4.79 Å². The van der Waals surface area contributed by atoms with Crippen LogP contribution in [0.5, 0.6) is 5.75 Å². The maximum Gasteiger partial charge on any atom is 0.273 e. The van der Waals surface area contributed by atoms with Gasteiger partial charge in [0.05, 0.1) is 13.2 Å². The number of methoxy groups -OCH3 is 1. The van der Waals surface area contributed by atoms with Gasteiger partial charge in [-0.15, -0.1) is 0 Å². The molecule has 0 saturated heterocycles. The van der Waals surface area contributed by atoms with Crippen molar-refractivity contribution in [2.24, 2.45) is 11.7 Å². The highest BCUT2D eigenvalue weighted by Gasteiger charge is 2.17. The molecule has 2 rings (SSSR count). The first-order valence-corrected chi connectivity index (χ1v) is 8.11. The fraction of sp³-hybridized carbons (Fsp3) is 0.444. The molecule has 0 radical (unpaired) electrons. The van der Waals surface area contributed by atoms with Gasteiger partial charge in [0, 0.05) is 6.54 Å². The van der Waals surface area contributed by atoms with Crippen molar-refractivity contribution in [1.82, 2.24) is 10.3 Å². The van der Waals surface area contributed by atoms with E-state index in [1.165, 1.54) is 6.26 Å². The van der Waals surface area contributed by atoms with Gasteiger partial charge in [-0.25, -0.2) is 4.98 Å². The molecule has 0 bridgehead atoms. The monoisotopic (exact) mass is 331 g/mol. The number of hydrogen-bond acceptors (Lipinski definition) is 5. The van der Waals surface area contributed by atoms with Gasteiger partial charge in [0.1, 0.15) is 12.0 Å². The van der Waals surface area contributed by atoms with E-state index < -0.39 is 0 Å². The van der Waals surface area contributed by atoms with Crippen molar-refractivity contribution in [3.05, 3.63) is 47.7 Å². The third kappa shape index (κ3) is 5.09. The van der Waals surface area contributed by atoms with Crippen LogP contribution in [0.15, 0.2) is 34.9 Å². The maximum absolute atomic E-state index is 12.1. The van der Waals surface area contributed by atoms with Gasteiger partial charge in [0.15, 0.2) is 5.69 Å². The molecule has 1 aromatic heterocycles. The third-order valence-electron chi connectivity index (χ3n) is 3.63. The van der Waals surface area contributed by atoms with Crippen molar-refractivity contribution in [3.8, 4) is 5.75 Å². The summed E-state index contributed by atoms with van der Waals surface area (Å²) in [5, 5.41) is 2.83. The van der Waals surface area contributed by atoms with Crippen LogP contribution in [-0.2, 0) is 6.42 Å². The average Bonchev–Trinajstić information content (AvgIpc) is 3.04. The molecule has 2 aromatic rings. The van der Waals surface area contributed by atoms with Crippen LogP contribution in [0.3, 0.4) is 0 Å². The molecule has 0 saturated carbocycles. The maximum atomic E-state index is 12.1. The lowest BCUT2D eigenvalue weighted by atomic mass is 10.0. The van der Waals surface area contributed by atoms with E-state index in [4.69, 9.17) is 14.9 Å². The molecule has 1 amide bonds. The predicted molar refractivity (Wildman–Crippen MR) is 91.9 cm³/mol. The number of hydrogen-bond donors (Lipinski definition) is 2. The molecule has 3 N–H and O–H groups in total. The Bertz CT molecular complexity index is 667. The SMILES string of the molecule is COc1cccc(CCNC(=O)c2coc(C(N)CC(C)C)n2)c1. The number of ether oxygens (including phenoxy) is 1. The summed E-state index contributed by atoms with van der Waals surface area (Å²) in [4.78, 5) is 16.3. The number of oxazole rings is 1. The molecule has 0 fully saturated rings. The minimum Gasteiger partial charge on any atom is -0.497 e. The summed E-state index contributed by atoms with van der Waals surface area (Å²) in [7, 11) is 1.63. The molecule has 1 heterocycles. The van der Waals surface area contributed by atoms with Gasteiger partial charge in [-0.3, -0.25) is 4.79 Å². The van der Waals surface area contributed by atoms with Gasteiger partial charge in [-0.05, 0) is 36.5 Å². The zero-order valence-corrected chi connectivity index (χ0v) is 14.4. The molecule has 6 nitrogen and oxygen atoms in total. The van der Waals surface area contributed by atoms with Crippen LogP contribution >= 0.6 is 0 Å². The van der Waals surface area contributed by atoms with Gasteiger partial charge < -0.3 is 20.2 Å². The quantitative estimate of drug-likeness (QED) is 0.776. The van der Waals surface area contributed by atoms with Gasteiger partial charge in [-0.1, -0.05) is 26.0 Å². The van der Waals surface area contributed by atoms with Crippen LogP contribution in [0.25, 0.3) is 0 Å². The van der Waals surface area contributed by atoms with Crippen molar-refractivity contribution in [2.75, 3.05) is 13.7 Å². The number of carbonyl (C=O) groups is 1. The second-order valence-corrected chi connectivity index (χ2v) is 6.16. The zero-order valence-electron chi connectivity index (χ0n) is 14.4. The Hall–Kier alpha value is -2.34. The topological polar surface area (TPSA) is 90.4 Å². The van der Waals surface area contributed by atoms with E-state index >= 15 is 0 Å². The first-order chi connectivity index (χ1) is 11.5. The Kier molecular flexibility index (Phi) is 6.37. The molecule has 1 unspecified atom stereocenters. The second kappa shape index (κ2) is 8.49. The lowest BCUT2D eigenvalue weighted by molar-refractivity contribution is 0.0949. The number of amides is 1. The number of nitrogens with one attached hydrogen (secondary N) is 1. The van der Waals surface area contributed by atoms with Gasteiger partial charge in [-0.2, -0.15) is 0 Å². The Morgan fingerprint density at radius 2 is 2.21 bits per heavy atom. The van der Waals surface area contributed by atoms with E-state index in [-0.39, 0.29) is 17.6 Å². The van der Waals surface area contributed by atoms with E-state index in [1.807, 2.05) is 24.3 Å². The number of carbonyl (C=O) groups excluding carboxylic acids is 1. The second-order valence-electron chi connectivity index (χ2n) is 6.16. The van der Waals surface area contributed by atoms with Gasteiger partial charge in [0.25, 0.3) is 5.91 Å². The standard InChI is InChI=1S/C18H25N3O3/c1-12(2)9-15(19)18-21-16(11-24-18)17(22)20-8-7-13-5-4-6-14(10-13)23-3/h4-6,10-12,15H,7-9,19H2,1-3H3,(H,20,22). The van der Waals surface area contributed by atoms with Crippen molar-refractivity contribution in [1.29, 1.82) is 0 Å². The molecule has 1 atom stereocenters. The predicted octanol–water partition coefficient (Wildman–Crippen LogP) is 2.70. The Balaban J connectivity index is 1.85. The molecule has 0 aliphatic carbocycles. The summed E-state index contributed by atoms with van der Waals surface area (Å²) in [6.45, 7) is 4.66. The van der Waals surface area contributed by atoms with E-state index in [0.29, 0.717) is 24.8 Å². The van der Waals surface area contributed by atoms with Crippen LogP contribution < -0.4 is 15.8 Å². The van der Waals surface area contributed by atoms with Crippen molar-refractivity contribution in [3.63, 3.8) is 0 Å². The number of benzene rings is 1. The minimum absolute atomic E-state index is 0.259. The summed E-state index contributed by atoms with van der Waals surface area (Å²) in [5.74, 6) is 1.39. The van der Waals surface area contributed by atoms with Crippen molar-refractivity contribution < 1.29 is 13.9 Å². The molecule has 0 spiro atoms. The fourth-order valence-electron chi connectivity index (χ4n) is 2.41. The van der Waals surface area contributed by atoms with Crippen LogP contribution in [0.4, 0.5) is 0 Å². The number of nitrogens with zero attached hydrogens (tertiary/aromatic N) is 1. The molecular weight excluding hydrogens is 306 g/mol. The van der Waals surface area contributed by atoms with E-state index in [2.05, 4.69) is 24.1 Å². The van der Waals surface area contributed by atoms with Crippen LogP contribution in [0.1, 0.15) is 48.3 Å². The molecular formula is C18H25N3O3. The molecule has 6 heteroatoms.